The number of halogens is 1. The quantitative estimate of drug-likeness (QED) is 0.862. The van der Waals surface area contributed by atoms with E-state index in [1.165, 1.54) is 25.7 Å². The highest BCUT2D eigenvalue weighted by Crippen LogP contribution is 2.21. The van der Waals surface area contributed by atoms with Crippen LogP contribution in [-0.4, -0.2) is 23.3 Å². The van der Waals surface area contributed by atoms with Gasteiger partial charge in [0.2, 0.25) is 0 Å². The van der Waals surface area contributed by atoms with Gasteiger partial charge in [-0.15, -0.1) is 22.6 Å². The molecule has 1 fully saturated rings. The van der Waals surface area contributed by atoms with E-state index in [2.05, 4.69) is 21.2 Å². The summed E-state index contributed by atoms with van der Waals surface area (Å²) in [5.41, 5.74) is 8.44. The van der Waals surface area contributed by atoms with Crippen molar-refractivity contribution in [2.75, 3.05) is 23.7 Å². The van der Waals surface area contributed by atoms with Crippen LogP contribution in [0.1, 0.15) is 25.7 Å². The number of hydrogen-bond donors (Lipinski definition) is 1. The summed E-state index contributed by atoms with van der Waals surface area (Å²) in [6.07, 6.45) is 5.15. The number of anilines is 2. The summed E-state index contributed by atoms with van der Waals surface area (Å²) < 4.78 is 0. The number of nitrogens with zero attached hydrogens (tertiary/aromatic N) is 3. The van der Waals surface area contributed by atoms with E-state index in [4.69, 9.17) is 5.73 Å². The normalized spacial score (nSPS) is 15.1. The number of benzene rings is 1. The number of nitrogen functional groups attached to an aromatic ring is 1. The SMILES string of the molecule is Cl.Nc1cccc(-c2ccc(N3CCCCCC3)nn2)c1. The molecule has 0 aliphatic carbocycles. The molecule has 2 heterocycles. The van der Waals surface area contributed by atoms with Gasteiger partial charge in [-0.1, -0.05) is 25.0 Å². The Morgan fingerprint density at radius 1 is 0.905 bits per heavy atom. The zero-order valence-electron chi connectivity index (χ0n) is 12.0. The zero-order valence-corrected chi connectivity index (χ0v) is 12.9. The third kappa shape index (κ3) is 3.85. The summed E-state index contributed by atoms with van der Waals surface area (Å²) >= 11 is 0. The lowest BCUT2D eigenvalue weighted by molar-refractivity contribution is 0.726. The molecule has 0 atom stereocenters. The van der Waals surface area contributed by atoms with Gasteiger partial charge >= 0.3 is 0 Å². The van der Waals surface area contributed by atoms with Crippen molar-refractivity contribution in [3.63, 3.8) is 0 Å². The Kier molecular flexibility index (Phi) is 5.39. The fourth-order valence-corrected chi connectivity index (χ4v) is 2.65. The number of aromatic nitrogens is 2. The van der Waals surface area contributed by atoms with Gasteiger partial charge in [-0.25, -0.2) is 0 Å². The molecule has 0 saturated carbocycles. The van der Waals surface area contributed by atoms with Crippen LogP contribution in [0.4, 0.5) is 11.5 Å². The van der Waals surface area contributed by atoms with Crippen LogP contribution < -0.4 is 10.6 Å². The second-order valence-corrected chi connectivity index (χ2v) is 5.30. The number of rotatable bonds is 2. The molecule has 4 nitrogen and oxygen atoms in total. The predicted molar refractivity (Wildman–Crippen MR) is 89.8 cm³/mol. The topological polar surface area (TPSA) is 55.0 Å². The van der Waals surface area contributed by atoms with Crippen molar-refractivity contribution in [1.82, 2.24) is 10.2 Å². The van der Waals surface area contributed by atoms with Crippen molar-refractivity contribution < 1.29 is 0 Å². The smallest absolute Gasteiger partial charge is 0.151 e. The van der Waals surface area contributed by atoms with Crippen LogP contribution >= 0.6 is 12.4 Å². The monoisotopic (exact) mass is 304 g/mol. The largest absolute Gasteiger partial charge is 0.399 e. The Hall–Kier alpha value is -1.81. The van der Waals surface area contributed by atoms with Gasteiger partial charge in [-0.3, -0.25) is 0 Å². The lowest BCUT2D eigenvalue weighted by Crippen LogP contribution is -2.25. The fraction of sp³-hybridized carbons (Fsp3) is 0.375. The minimum absolute atomic E-state index is 0. The Bertz CT molecular complexity index is 563. The highest BCUT2D eigenvalue weighted by molar-refractivity contribution is 5.85. The standard InChI is InChI=1S/C16H20N4.ClH/c17-14-7-5-6-13(12-14)15-8-9-16(19-18-15)20-10-3-1-2-4-11-20;/h5-9,12H,1-4,10-11,17H2;1H. The molecular weight excluding hydrogens is 284 g/mol. The Labute approximate surface area is 131 Å². The minimum Gasteiger partial charge on any atom is -0.399 e. The highest BCUT2D eigenvalue weighted by Gasteiger charge is 2.11. The van der Waals surface area contributed by atoms with Crippen LogP contribution in [0.15, 0.2) is 36.4 Å². The zero-order chi connectivity index (χ0) is 13.8. The maximum atomic E-state index is 5.80. The Morgan fingerprint density at radius 3 is 2.29 bits per heavy atom. The van der Waals surface area contributed by atoms with E-state index in [1.54, 1.807) is 0 Å². The number of nitrogens with two attached hydrogens (primary N) is 1. The van der Waals surface area contributed by atoms with E-state index in [0.29, 0.717) is 0 Å². The maximum absolute atomic E-state index is 5.80. The van der Waals surface area contributed by atoms with E-state index >= 15 is 0 Å². The first-order valence-corrected chi connectivity index (χ1v) is 7.27. The van der Waals surface area contributed by atoms with Gasteiger partial charge in [0.25, 0.3) is 0 Å². The van der Waals surface area contributed by atoms with Crippen LogP contribution in [0.2, 0.25) is 0 Å². The van der Waals surface area contributed by atoms with Crippen molar-refractivity contribution in [1.29, 1.82) is 0 Å². The summed E-state index contributed by atoms with van der Waals surface area (Å²) in [5, 5.41) is 8.73. The van der Waals surface area contributed by atoms with Gasteiger partial charge in [0.1, 0.15) is 0 Å². The molecule has 0 amide bonds. The number of hydrogen-bond acceptors (Lipinski definition) is 4. The van der Waals surface area contributed by atoms with Crippen molar-refractivity contribution in [3.05, 3.63) is 36.4 Å². The molecule has 0 unspecified atom stereocenters. The van der Waals surface area contributed by atoms with Crippen LogP contribution in [-0.2, 0) is 0 Å². The fourth-order valence-electron chi connectivity index (χ4n) is 2.65. The van der Waals surface area contributed by atoms with Gasteiger partial charge in [-0.2, -0.15) is 0 Å². The molecule has 112 valence electrons. The van der Waals surface area contributed by atoms with E-state index < -0.39 is 0 Å². The van der Waals surface area contributed by atoms with Gasteiger partial charge < -0.3 is 10.6 Å². The van der Waals surface area contributed by atoms with Gasteiger partial charge in [0, 0.05) is 24.3 Å². The molecule has 1 aromatic carbocycles. The molecule has 1 aliphatic heterocycles. The van der Waals surface area contributed by atoms with E-state index in [0.717, 1.165) is 35.9 Å². The van der Waals surface area contributed by atoms with Gasteiger partial charge in [-0.05, 0) is 37.1 Å². The third-order valence-corrected chi connectivity index (χ3v) is 3.76. The predicted octanol–water partition coefficient (Wildman–Crippen LogP) is 3.53. The van der Waals surface area contributed by atoms with Crippen LogP contribution in [0.5, 0.6) is 0 Å². The average molecular weight is 305 g/mol. The molecule has 1 aliphatic rings. The van der Waals surface area contributed by atoms with Crippen LogP contribution in [0.25, 0.3) is 11.3 Å². The van der Waals surface area contributed by atoms with Crippen molar-refractivity contribution in [3.8, 4) is 11.3 Å². The average Bonchev–Trinajstić information content (AvgIpc) is 2.76. The van der Waals surface area contributed by atoms with Crippen molar-refractivity contribution >= 4 is 23.9 Å². The first kappa shape index (κ1) is 15.6. The molecule has 5 heteroatoms. The lowest BCUT2D eigenvalue weighted by Gasteiger charge is -2.20. The molecule has 3 rings (SSSR count). The molecule has 1 saturated heterocycles. The Morgan fingerprint density at radius 2 is 1.67 bits per heavy atom. The molecule has 2 aromatic rings. The molecular formula is C16H21ClN4. The molecule has 0 radical (unpaired) electrons. The molecule has 0 bridgehead atoms. The third-order valence-electron chi connectivity index (χ3n) is 3.76. The second kappa shape index (κ2) is 7.27. The summed E-state index contributed by atoms with van der Waals surface area (Å²) in [7, 11) is 0. The Balaban J connectivity index is 0.00000161. The first-order valence-electron chi connectivity index (χ1n) is 7.27. The molecule has 2 N–H and O–H groups in total. The van der Waals surface area contributed by atoms with E-state index in [9.17, 15) is 0 Å². The summed E-state index contributed by atoms with van der Waals surface area (Å²) in [5.74, 6) is 0.986. The highest BCUT2D eigenvalue weighted by atomic mass is 35.5. The maximum Gasteiger partial charge on any atom is 0.151 e. The summed E-state index contributed by atoms with van der Waals surface area (Å²) in [6.45, 7) is 2.18. The summed E-state index contributed by atoms with van der Waals surface area (Å²) in [4.78, 5) is 2.34. The molecule has 21 heavy (non-hydrogen) atoms. The van der Waals surface area contributed by atoms with Gasteiger partial charge in [0.05, 0.1) is 5.69 Å². The lowest BCUT2D eigenvalue weighted by atomic mass is 10.1. The van der Waals surface area contributed by atoms with E-state index in [1.807, 2.05) is 30.3 Å². The first-order chi connectivity index (χ1) is 9.83. The molecule has 1 aromatic heterocycles. The van der Waals surface area contributed by atoms with Crippen LogP contribution in [0.3, 0.4) is 0 Å². The van der Waals surface area contributed by atoms with Crippen LogP contribution in [0, 0.1) is 0 Å². The van der Waals surface area contributed by atoms with Crippen molar-refractivity contribution in [2.45, 2.75) is 25.7 Å². The molecule has 0 spiro atoms. The van der Waals surface area contributed by atoms with E-state index in [-0.39, 0.29) is 12.4 Å². The second-order valence-electron chi connectivity index (χ2n) is 5.30. The van der Waals surface area contributed by atoms with Crippen molar-refractivity contribution in [2.24, 2.45) is 0 Å². The van der Waals surface area contributed by atoms with Gasteiger partial charge in [0.15, 0.2) is 5.82 Å². The summed E-state index contributed by atoms with van der Waals surface area (Å²) in [6, 6.07) is 11.8. The minimum atomic E-state index is 0.